The molecule has 0 aliphatic heterocycles. The molecule has 0 saturated heterocycles. The number of carbonyl (C=O) groups is 3. The number of benzene rings is 1. The first-order chi connectivity index (χ1) is 9.54. The lowest BCUT2D eigenvalue weighted by atomic mass is 9.91. The molecule has 5 heteroatoms. The lowest BCUT2D eigenvalue weighted by Gasteiger charge is -2.11. The summed E-state index contributed by atoms with van der Waals surface area (Å²) in [5, 5.41) is 0.446. The molecule has 0 N–H and O–H groups in total. The van der Waals surface area contributed by atoms with E-state index in [1.165, 1.54) is 0 Å². The Balaban J connectivity index is 2.31. The van der Waals surface area contributed by atoms with Gasteiger partial charge in [0.25, 0.3) is 5.78 Å². The summed E-state index contributed by atoms with van der Waals surface area (Å²) in [6, 6.07) is 5.09. The van der Waals surface area contributed by atoms with Crippen molar-refractivity contribution >= 4 is 29.1 Å². The second kappa shape index (κ2) is 6.18. The molecule has 20 heavy (non-hydrogen) atoms. The number of Topliss-reactive ketones (excluding diaryl/α,β-unsaturated/α-hetero) is 2. The van der Waals surface area contributed by atoms with Crippen LogP contribution in [-0.4, -0.2) is 24.1 Å². The van der Waals surface area contributed by atoms with Crippen LogP contribution in [-0.2, 0) is 20.7 Å². The monoisotopic (exact) mass is 294 g/mol. The van der Waals surface area contributed by atoms with E-state index in [1.54, 1.807) is 25.1 Å². The van der Waals surface area contributed by atoms with Gasteiger partial charge < -0.3 is 4.74 Å². The molecule has 1 aliphatic rings. The molecule has 106 valence electrons. The number of hydrogen-bond donors (Lipinski definition) is 0. The van der Waals surface area contributed by atoms with E-state index in [2.05, 4.69) is 0 Å². The number of ketones is 2. The van der Waals surface area contributed by atoms with E-state index in [0.717, 1.165) is 5.56 Å². The van der Waals surface area contributed by atoms with Gasteiger partial charge in [0.2, 0.25) is 0 Å². The highest BCUT2D eigenvalue weighted by atomic mass is 35.5. The largest absolute Gasteiger partial charge is 0.460 e. The maximum atomic E-state index is 12.5. The Bertz CT molecular complexity index is 565. The van der Waals surface area contributed by atoms with Crippen molar-refractivity contribution in [1.82, 2.24) is 0 Å². The molecule has 0 aromatic heterocycles. The number of ether oxygens (including phenoxy) is 1. The van der Waals surface area contributed by atoms with E-state index < -0.39 is 17.7 Å². The van der Waals surface area contributed by atoms with Crippen LogP contribution in [0.3, 0.4) is 0 Å². The molecule has 1 aromatic rings. The molecular formula is C15H15ClO4. The van der Waals surface area contributed by atoms with Gasteiger partial charge in [-0.2, -0.15) is 0 Å². The molecule has 1 unspecified atom stereocenters. The normalized spacial score (nSPS) is 18.1. The van der Waals surface area contributed by atoms with Crippen molar-refractivity contribution in [3.05, 3.63) is 34.3 Å². The zero-order chi connectivity index (χ0) is 14.7. The number of aryl methyl sites for hydroxylation is 1. The van der Waals surface area contributed by atoms with Crippen LogP contribution in [0.2, 0.25) is 5.02 Å². The first-order valence-electron chi connectivity index (χ1n) is 6.58. The van der Waals surface area contributed by atoms with Gasteiger partial charge in [-0.1, -0.05) is 17.7 Å². The lowest BCUT2D eigenvalue weighted by Crippen LogP contribution is -2.31. The summed E-state index contributed by atoms with van der Waals surface area (Å²) in [5.41, 5.74) is 1.32. The van der Waals surface area contributed by atoms with Crippen LogP contribution in [0.4, 0.5) is 0 Å². The Hall–Kier alpha value is -1.68. The summed E-state index contributed by atoms with van der Waals surface area (Å²) in [4.78, 5) is 36.0. The summed E-state index contributed by atoms with van der Waals surface area (Å²) >= 11 is 5.91. The number of fused-ring (bicyclic) bond motifs is 1. The Kier molecular flexibility index (Phi) is 4.55. The van der Waals surface area contributed by atoms with Crippen LogP contribution in [0.15, 0.2) is 18.2 Å². The average Bonchev–Trinajstić information content (AvgIpc) is 2.58. The van der Waals surface area contributed by atoms with Crippen molar-refractivity contribution in [2.24, 2.45) is 5.92 Å². The molecule has 0 radical (unpaired) electrons. The predicted octanol–water partition coefficient (Wildman–Crippen LogP) is 2.61. The molecular weight excluding hydrogens is 280 g/mol. The maximum Gasteiger partial charge on any atom is 0.375 e. The fourth-order valence-electron chi connectivity index (χ4n) is 2.41. The second-order valence-corrected chi connectivity index (χ2v) is 5.13. The quantitative estimate of drug-likeness (QED) is 0.372. The van der Waals surface area contributed by atoms with Gasteiger partial charge in [0.05, 0.1) is 12.5 Å². The summed E-state index contributed by atoms with van der Waals surface area (Å²) < 4.78 is 4.69. The molecule has 0 bridgehead atoms. The van der Waals surface area contributed by atoms with Crippen LogP contribution in [0.25, 0.3) is 0 Å². The second-order valence-electron chi connectivity index (χ2n) is 4.70. The zero-order valence-corrected chi connectivity index (χ0v) is 11.9. The highest BCUT2D eigenvalue weighted by molar-refractivity contribution is 6.39. The van der Waals surface area contributed by atoms with E-state index in [9.17, 15) is 14.4 Å². The highest BCUT2D eigenvalue weighted by Gasteiger charge is 2.35. The minimum absolute atomic E-state index is 0.119. The smallest absolute Gasteiger partial charge is 0.375 e. The van der Waals surface area contributed by atoms with Crippen LogP contribution < -0.4 is 0 Å². The fraction of sp³-hybridized carbons (Fsp3) is 0.400. The Labute approximate surface area is 122 Å². The van der Waals surface area contributed by atoms with Gasteiger partial charge in [-0.15, -0.1) is 0 Å². The summed E-state index contributed by atoms with van der Waals surface area (Å²) in [6.07, 6.45) is 1.74. The molecule has 2 rings (SSSR count). The third-order valence-corrected chi connectivity index (χ3v) is 3.62. The van der Waals surface area contributed by atoms with Gasteiger partial charge in [0, 0.05) is 10.6 Å². The molecule has 0 heterocycles. The number of rotatable bonds is 3. The van der Waals surface area contributed by atoms with E-state index >= 15 is 0 Å². The Morgan fingerprint density at radius 1 is 1.40 bits per heavy atom. The summed E-state index contributed by atoms with van der Waals surface area (Å²) in [7, 11) is 0. The van der Waals surface area contributed by atoms with Gasteiger partial charge >= 0.3 is 5.97 Å². The molecule has 4 nitrogen and oxygen atoms in total. The van der Waals surface area contributed by atoms with Gasteiger partial charge in [-0.05, 0) is 43.9 Å². The minimum Gasteiger partial charge on any atom is -0.460 e. The van der Waals surface area contributed by atoms with Crippen LogP contribution >= 0.6 is 11.6 Å². The predicted molar refractivity (Wildman–Crippen MR) is 73.9 cm³/mol. The first-order valence-corrected chi connectivity index (χ1v) is 6.96. The Morgan fingerprint density at radius 3 is 2.85 bits per heavy atom. The van der Waals surface area contributed by atoms with Gasteiger partial charge in [-0.3, -0.25) is 9.59 Å². The number of esters is 1. The van der Waals surface area contributed by atoms with Crippen LogP contribution in [0, 0.1) is 5.92 Å². The summed E-state index contributed by atoms with van der Waals surface area (Å²) in [5.74, 6) is -2.98. The highest BCUT2D eigenvalue weighted by Crippen LogP contribution is 2.27. The van der Waals surface area contributed by atoms with Crippen LogP contribution in [0.5, 0.6) is 0 Å². The first kappa shape index (κ1) is 14.7. The fourth-order valence-corrected chi connectivity index (χ4v) is 2.58. The molecule has 0 amide bonds. The standard InChI is InChI=1S/C15H15ClO4/c1-2-20-15(19)14(18)11-5-3-4-9-6-7-10(16)8-12(9)13(11)17/h6-8,11H,2-5H2,1H3. The maximum absolute atomic E-state index is 12.5. The Morgan fingerprint density at radius 2 is 2.15 bits per heavy atom. The third-order valence-electron chi connectivity index (χ3n) is 3.39. The lowest BCUT2D eigenvalue weighted by molar-refractivity contribution is -0.154. The van der Waals surface area contributed by atoms with E-state index in [1.807, 2.05) is 0 Å². The van der Waals surface area contributed by atoms with Gasteiger partial charge in [0.1, 0.15) is 0 Å². The number of carbonyl (C=O) groups excluding carboxylic acids is 3. The SMILES string of the molecule is CCOC(=O)C(=O)C1CCCc2ccc(Cl)cc2C1=O. The molecule has 1 atom stereocenters. The van der Waals surface area contributed by atoms with Gasteiger partial charge in [-0.25, -0.2) is 4.79 Å². The van der Waals surface area contributed by atoms with Crippen molar-refractivity contribution in [3.63, 3.8) is 0 Å². The van der Waals surface area contributed by atoms with Crippen molar-refractivity contribution in [2.45, 2.75) is 26.2 Å². The molecule has 1 aliphatic carbocycles. The van der Waals surface area contributed by atoms with Crippen molar-refractivity contribution < 1.29 is 19.1 Å². The topological polar surface area (TPSA) is 60.4 Å². The number of hydrogen-bond acceptors (Lipinski definition) is 4. The van der Waals surface area contributed by atoms with Crippen LogP contribution in [0.1, 0.15) is 35.7 Å². The molecule has 0 spiro atoms. The average molecular weight is 295 g/mol. The molecule has 1 aromatic carbocycles. The van der Waals surface area contributed by atoms with Crippen molar-refractivity contribution in [2.75, 3.05) is 6.61 Å². The van der Waals surface area contributed by atoms with Gasteiger partial charge in [0.15, 0.2) is 5.78 Å². The van der Waals surface area contributed by atoms with Crippen molar-refractivity contribution in [1.29, 1.82) is 0 Å². The molecule has 0 saturated carbocycles. The van der Waals surface area contributed by atoms with E-state index in [-0.39, 0.29) is 12.4 Å². The minimum atomic E-state index is -0.950. The summed E-state index contributed by atoms with van der Waals surface area (Å²) in [6.45, 7) is 1.74. The zero-order valence-electron chi connectivity index (χ0n) is 11.1. The van der Waals surface area contributed by atoms with E-state index in [0.29, 0.717) is 29.8 Å². The molecule has 0 fully saturated rings. The number of halogens is 1. The third kappa shape index (κ3) is 2.90. The van der Waals surface area contributed by atoms with E-state index in [4.69, 9.17) is 16.3 Å². The van der Waals surface area contributed by atoms with Crippen molar-refractivity contribution in [3.8, 4) is 0 Å².